The molecule has 0 aliphatic carbocycles. The van der Waals surface area contributed by atoms with Crippen LogP contribution in [0.1, 0.15) is 22.5 Å². The van der Waals surface area contributed by atoms with Gasteiger partial charge in [-0.2, -0.15) is 15.5 Å². The van der Waals surface area contributed by atoms with E-state index in [4.69, 9.17) is 10.00 Å². The lowest BCUT2D eigenvalue weighted by Gasteiger charge is -2.08. The van der Waals surface area contributed by atoms with E-state index in [1.807, 2.05) is 13.8 Å². The minimum Gasteiger partial charge on any atom is -0.418 e. The zero-order valence-electron chi connectivity index (χ0n) is 10.7. The molecule has 2 heterocycles. The zero-order valence-corrected chi connectivity index (χ0v) is 10.7. The summed E-state index contributed by atoms with van der Waals surface area (Å²) in [6.45, 7) is 5.50. The van der Waals surface area contributed by atoms with Crippen LogP contribution in [0.3, 0.4) is 0 Å². The molecule has 6 nitrogen and oxygen atoms in total. The standard InChI is InChI=1S/C12H13N5O/c1-7-5-11(17(4)16-7)18-12-10(6-13)8(2)9(3)14-15-12/h5H,1-4H3. The highest BCUT2D eigenvalue weighted by molar-refractivity contribution is 5.46. The maximum atomic E-state index is 9.16. The molecule has 0 saturated heterocycles. The van der Waals surface area contributed by atoms with Crippen LogP contribution in [0.25, 0.3) is 0 Å². The van der Waals surface area contributed by atoms with Gasteiger partial charge < -0.3 is 4.74 Å². The van der Waals surface area contributed by atoms with E-state index >= 15 is 0 Å². The molecule has 0 unspecified atom stereocenters. The lowest BCUT2D eigenvalue weighted by atomic mass is 10.1. The Kier molecular flexibility index (Phi) is 2.98. The van der Waals surface area contributed by atoms with E-state index in [1.54, 1.807) is 24.7 Å². The summed E-state index contributed by atoms with van der Waals surface area (Å²) in [6.07, 6.45) is 0. The molecule has 2 rings (SSSR count). The number of nitriles is 1. The van der Waals surface area contributed by atoms with Gasteiger partial charge in [-0.15, -0.1) is 5.10 Å². The minimum atomic E-state index is 0.212. The first kappa shape index (κ1) is 12.0. The first-order chi connectivity index (χ1) is 8.52. The van der Waals surface area contributed by atoms with E-state index in [9.17, 15) is 0 Å². The maximum Gasteiger partial charge on any atom is 0.258 e. The van der Waals surface area contributed by atoms with Crippen LogP contribution in [0.5, 0.6) is 11.8 Å². The van der Waals surface area contributed by atoms with Crippen molar-refractivity contribution in [2.75, 3.05) is 0 Å². The normalized spacial score (nSPS) is 10.2. The summed E-state index contributed by atoms with van der Waals surface area (Å²) in [7, 11) is 1.77. The number of nitrogens with zero attached hydrogens (tertiary/aromatic N) is 5. The van der Waals surface area contributed by atoms with Crippen molar-refractivity contribution in [3.63, 3.8) is 0 Å². The third-order valence-electron chi connectivity index (χ3n) is 2.69. The Hall–Kier alpha value is -2.42. The molecule has 18 heavy (non-hydrogen) atoms. The van der Waals surface area contributed by atoms with Gasteiger partial charge in [0.2, 0.25) is 5.88 Å². The Morgan fingerprint density at radius 2 is 2.00 bits per heavy atom. The van der Waals surface area contributed by atoms with Gasteiger partial charge in [-0.1, -0.05) is 0 Å². The molecule has 2 aromatic rings. The van der Waals surface area contributed by atoms with E-state index < -0.39 is 0 Å². The maximum absolute atomic E-state index is 9.16. The molecule has 0 atom stereocenters. The summed E-state index contributed by atoms with van der Waals surface area (Å²) in [5, 5.41) is 21.2. The largest absolute Gasteiger partial charge is 0.418 e. The summed E-state index contributed by atoms with van der Waals surface area (Å²) in [6, 6.07) is 3.87. The summed E-state index contributed by atoms with van der Waals surface area (Å²) in [5.41, 5.74) is 2.74. The van der Waals surface area contributed by atoms with Gasteiger partial charge >= 0.3 is 0 Å². The van der Waals surface area contributed by atoms with E-state index in [0.717, 1.165) is 17.0 Å². The number of rotatable bonds is 2. The Morgan fingerprint density at radius 1 is 1.28 bits per heavy atom. The Labute approximate surface area is 105 Å². The molecule has 6 heteroatoms. The predicted octanol–water partition coefficient (Wildman–Crippen LogP) is 1.80. The van der Waals surface area contributed by atoms with Crippen molar-refractivity contribution in [3.05, 3.63) is 28.6 Å². The van der Waals surface area contributed by atoms with E-state index in [0.29, 0.717) is 11.4 Å². The van der Waals surface area contributed by atoms with Crippen LogP contribution in [0, 0.1) is 32.1 Å². The summed E-state index contributed by atoms with van der Waals surface area (Å²) in [4.78, 5) is 0. The van der Waals surface area contributed by atoms with Gasteiger partial charge in [0.1, 0.15) is 11.6 Å². The van der Waals surface area contributed by atoms with Gasteiger partial charge in [-0.3, -0.25) is 0 Å². The monoisotopic (exact) mass is 243 g/mol. The molecule has 0 fully saturated rings. The van der Waals surface area contributed by atoms with E-state index in [-0.39, 0.29) is 5.88 Å². The highest BCUT2D eigenvalue weighted by Gasteiger charge is 2.14. The fraction of sp³-hybridized carbons (Fsp3) is 0.333. The van der Waals surface area contributed by atoms with Crippen LogP contribution in [0.4, 0.5) is 0 Å². The van der Waals surface area contributed by atoms with Gasteiger partial charge in [0, 0.05) is 13.1 Å². The average Bonchev–Trinajstić information content (AvgIpc) is 2.63. The molecule has 0 aliphatic heterocycles. The average molecular weight is 243 g/mol. The van der Waals surface area contributed by atoms with Crippen LogP contribution in [0.2, 0.25) is 0 Å². The third-order valence-corrected chi connectivity index (χ3v) is 2.69. The van der Waals surface area contributed by atoms with E-state index in [2.05, 4.69) is 21.4 Å². The van der Waals surface area contributed by atoms with Crippen molar-refractivity contribution in [2.24, 2.45) is 7.05 Å². The highest BCUT2D eigenvalue weighted by atomic mass is 16.5. The molecule has 0 bridgehead atoms. The summed E-state index contributed by atoms with van der Waals surface area (Å²) in [5.74, 6) is 0.741. The van der Waals surface area contributed by atoms with Crippen molar-refractivity contribution < 1.29 is 4.74 Å². The van der Waals surface area contributed by atoms with Crippen molar-refractivity contribution in [2.45, 2.75) is 20.8 Å². The van der Waals surface area contributed by atoms with Crippen LogP contribution < -0.4 is 4.74 Å². The first-order valence-electron chi connectivity index (χ1n) is 5.45. The van der Waals surface area contributed by atoms with Crippen molar-refractivity contribution in [1.29, 1.82) is 5.26 Å². The molecule has 2 aromatic heterocycles. The molecular formula is C12H13N5O. The molecular weight excluding hydrogens is 230 g/mol. The lowest BCUT2D eigenvalue weighted by molar-refractivity contribution is 0.407. The SMILES string of the molecule is Cc1cc(Oc2nnc(C)c(C)c2C#N)n(C)n1. The van der Waals surface area contributed by atoms with Gasteiger partial charge in [-0.05, 0) is 26.3 Å². The van der Waals surface area contributed by atoms with Crippen LogP contribution >= 0.6 is 0 Å². The van der Waals surface area contributed by atoms with Crippen molar-refractivity contribution in [1.82, 2.24) is 20.0 Å². The summed E-state index contributed by atoms with van der Waals surface area (Å²) < 4.78 is 7.18. The Balaban J connectivity index is 2.44. The van der Waals surface area contributed by atoms with Crippen LogP contribution in [-0.4, -0.2) is 20.0 Å². The van der Waals surface area contributed by atoms with Crippen molar-refractivity contribution >= 4 is 0 Å². The Morgan fingerprint density at radius 3 is 2.56 bits per heavy atom. The molecule has 0 saturated carbocycles. The topological polar surface area (TPSA) is 76.6 Å². The number of hydrogen-bond donors (Lipinski definition) is 0. The Bertz CT molecular complexity index is 639. The second-order valence-electron chi connectivity index (χ2n) is 4.05. The second kappa shape index (κ2) is 4.45. The minimum absolute atomic E-state index is 0.212. The third kappa shape index (κ3) is 2.02. The number of aryl methyl sites for hydroxylation is 3. The highest BCUT2D eigenvalue weighted by Crippen LogP contribution is 2.25. The van der Waals surface area contributed by atoms with Gasteiger partial charge in [0.05, 0.1) is 11.4 Å². The van der Waals surface area contributed by atoms with Gasteiger partial charge in [0.15, 0.2) is 0 Å². The fourth-order valence-electron chi connectivity index (χ4n) is 1.57. The van der Waals surface area contributed by atoms with Crippen LogP contribution in [0.15, 0.2) is 6.07 Å². The number of ether oxygens (including phenoxy) is 1. The number of aromatic nitrogens is 4. The first-order valence-corrected chi connectivity index (χ1v) is 5.45. The summed E-state index contributed by atoms with van der Waals surface area (Å²) >= 11 is 0. The molecule has 0 aromatic carbocycles. The predicted molar refractivity (Wildman–Crippen MR) is 64.2 cm³/mol. The number of hydrogen-bond acceptors (Lipinski definition) is 5. The molecule has 0 aliphatic rings. The van der Waals surface area contributed by atoms with Crippen LogP contribution in [-0.2, 0) is 7.05 Å². The zero-order chi connectivity index (χ0) is 13.3. The van der Waals surface area contributed by atoms with Crippen molar-refractivity contribution in [3.8, 4) is 17.8 Å². The molecule has 0 spiro atoms. The molecule has 0 amide bonds. The molecule has 92 valence electrons. The quantitative estimate of drug-likeness (QED) is 0.803. The van der Waals surface area contributed by atoms with Gasteiger partial charge in [-0.25, -0.2) is 4.68 Å². The van der Waals surface area contributed by atoms with E-state index in [1.165, 1.54) is 0 Å². The second-order valence-corrected chi connectivity index (χ2v) is 4.05. The van der Waals surface area contributed by atoms with Gasteiger partial charge in [0.25, 0.3) is 5.88 Å². The molecule has 0 radical (unpaired) electrons. The fourth-order valence-corrected chi connectivity index (χ4v) is 1.57. The lowest BCUT2D eigenvalue weighted by Crippen LogP contribution is -2.02. The molecule has 0 N–H and O–H groups in total. The smallest absolute Gasteiger partial charge is 0.258 e.